The van der Waals surface area contributed by atoms with Crippen LogP contribution in [0.15, 0.2) is 24.3 Å². The van der Waals surface area contributed by atoms with Crippen LogP contribution in [-0.4, -0.2) is 5.78 Å². The molecule has 62 valence electrons. The average Bonchev–Trinajstić information content (AvgIpc) is 2.44. The van der Waals surface area contributed by atoms with Gasteiger partial charge >= 0.3 is 0 Å². The first kappa shape index (κ1) is 7.53. The molecular formula is C11H12O. The Morgan fingerprint density at radius 2 is 2.17 bits per heavy atom. The molecule has 0 radical (unpaired) electrons. The Balaban J connectivity index is 2.50. The summed E-state index contributed by atoms with van der Waals surface area (Å²) in [5, 5.41) is 0. The zero-order chi connectivity index (χ0) is 8.55. The van der Waals surface area contributed by atoms with Gasteiger partial charge < -0.3 is 0 Å². The number of benzene rings is 1. The van der Waals surface area contributed by atoms with Crippen molar-refractivity contribution < 1.29 is 4.79 Å². The normalized spacial score (nSPS) is 21.1. The van der Waals surface area contributed by atoms with Gasteiger partial charge in [0.15, 0.2) is 5.78 Å². The first-order valence-electron chi connectivity index (χ1n) is 4.45. The molecule has 0 heterocycles. The summed E-state index contributed by atoms with van der Waals surface area (Å²) >= 11 is 0. The van der Waals surface area contributed by atoms with E-state index < -0.39 is 0 Å². The van der Waals surface area contributed by atoms with E-state index in [4.69, 9.17) is 0 Å². The lowest BCUT2D eigenvalue weighted by Crippen LogP contribution is -1.90. The summed E-state index contributed by atoms with van der Waals surface area (Å²) in [6, 6.07) is 7.97. The molecule has 0 aliphatic heterocycles. The van der Waals surface area contributed by atoms with Crippen molar-refractivity contribution in [3.05, 3.63) is 35.4 Å². The Labute approximate surface area is 72.4 Å². The van der Waals surface area contributed by atoms with Crippen molar-refractivity contribution in [2.75, 3.05) is 0 Å². The van der Waals surface area contributed by atoms with Gasteiger partial charge in [0.2, 0.25) is 0 Å². The van der Waals surface area contributed by atoms with E-state index in [1.165, 1.54) is 5.56 Å². The minimum Gasteiger partial charge on any atom is -0.294 e. The Hall–Kier alpha value is -1.11. The lowest BCUT2D eigenvalue weighted by molar-refractivity contribution is 0.0988. The lowest BCUT2D eigenvalue weighted by atomic mass is 9.99. The highest BCUT2D eigenvalue weighted by Crippen LogP contribution is 2.34. The van der Waals surface area contributed by atoms with Gasteiger partial charge in [0.05, 0.1) is 0 Å². The molecule has 0 spiro atoms. The lowest BCUT2D eigenvalue weighted by Gasteiger charge is -2.04. The van der Waals surface area contributed by atoms with Crippen molar-refractivity contribution in [3.8, 4) is 0 Å². The minimum absolute atomic E-state index is 0.317. The van der Waals surface area contributed by atoms with Crippen LogP contribution in [0.25, 0.3) is 0 Å². The third-order valence-corrected chi connectivity index (χ3v) is 2.63. The number of carbonyl (C=O) groups is 1. The molecule has 0 unspecified atom stereocenters. The molecule has 1 nitrogen and oxygen atoms in total. The predicted molar refractivity (Wildman–Crippen MR) is 48.4 cm³/mol. The van der Waals surface area contributed by atoms with Gasteiger partial charge in [-0.25, -0.2) is 0 Å². The molecule has 0 amide bonds. The van der Waals surface area contributed by atoms with Crippen LogP contribution in [0.4, 0.5) is 0 Å². The van der Waals surface area contributed by atoms with Crippen molar-refractivity contribution >= 4 is 5.78 Å². The summed E-state index contributed by atoms with van der Waals surface area (Å²) in [6.07, 6.45) is 1.79. The number of fused-ring (bicyclic) bond motifs is 1. The van der Waals surface area contributed by atoms with Gasteiger partial charge in [0, 0.05) is 12.0 Å². The van der Waals surface area contributed by atoms with Crippen LogP contribution in [0.5, 0.6) is 0 Å². The number of hydrogen-bond acceptors (Lipinski definition) is 1. The summed E-state index contributed by atoms with van der Waals surface area (Å²) in [5.41, 5.74) is 2.20. The van der Waals surface area contributed by atoms with E-state index in [0.29, 0.717) is 11.7 Å². The standard InChI is InChI=1S/C11H12O/c1-2-8-7-11(12)10-6-4-3-5-9(8)10/h3-6,8H,2,7H2,1H3/t8-/m1/s1. The number of ketones is 1. The molecule has 0 bridgehead atoms. The van der Waals surface area contributed by atoms with E-state index in [9.17, 15) is 4.79 Å². The van der Waals surface area contributed by atoms with Gasteiger partial charge in [-0.2, -0.15) is 0 Å². The highest BCUT2D eigenvalue weighted by molar-refractivity contribution is 6.01. The van der Waals surface area contributed by atoms with E-state index in [2.05, 4.69) is 13.0 Å². The molecule has 1 heteroatoms. The maximum absolute atomic E-state index is 11.4. The fourth-order valence-corrected chi connectivity index (χ4v) is 1.91. The van der Waals surface area contributed by atoms with Crippen molar-refractivity contribution in [2.45, 2.75) is 25.7 Å². The Kier molecular flexibility index (Phi) is 1.72. The molecular weight excluding hydrogens is 148 g/mol. The zero-order valence-electron chi connectivity index (χ0n) is 7.21. The largest absolute Gasteiger partial charge is 0.294 e. The average molecular weight is 160 g/mol. The number of rotatable bonds is 1. The van der Waals surface area contributed by atoms with Gasteiger partial charge in [-0.1, -0.05) is 31.2 Å². The Morgan fingerprint density at radius 1 is 1.42 bits per heavy atom. The molecule has 0 saturated carbocycles. The van der Waals surface area contributed by atoms with Crippen LogP contribution in [0.3, 0.4) is 0 Å². The Bertz CT molecular complexity index is 315. The Morgan fingerprint density at radius 3 is 2.92 bits per heavy atom. The highest BCUT2D eigenvalue weighted by atomic mass is 16.1. The van der Waals surface area contributed by atoms with Gasteiger partial charge in [-0.3, -0.25) is 4.79 Å². The third kappa shape index (κ3) is 0.970. The second kappa shape index (κ2) is 2.74. The van der Waals surface area contributed by atoms with Crippen molar-refractivity contribution in [3.63, 3.8) is 0 Å². The summed E-state index contributed by atoms with van der Waals surface area (Å²) in [5.74, 6) is 0.797. The molecule has 0 saturated heterocycles. The van der Waals surface area contributed by atoms with E-state index in [0.717, 1.165) is 18.4 Å². The number of Topliss-reactive ketones (excluding diaryl/α,β-unsaturated/α-hetero) is 1. The van der Waals surface area contributed by atoms with Gasteiger partial charge in [-0.05, 0) is 17.9 Å². The van der Waals surface area contributed by atoms with Crippen LogP contribution < -0.4 is 0 Å². The van der Waals surface area contributed by atoms with Gasteiger partial charge in [0.25, 0.3) is 0 Å². The number of carbonyl (C=O) groups excluding carboxylic acids is 1. The monoisotopic (exact) mass is 160 g/mol. The van der Waals surface area contributed by atoms with E-state index >= 15 is 0 Å². The van der Waals surface area contributed by atoms with E-state index in [1.54, 1.807) is 0 Å². The fraction of sp³-hybridized carbons (Fsp3) is 0.364. The first-order chi connectivity index (χ1) is 5.83. The molecule has 1 aliphatic carbocycles. The molecule has 1 aliphatic rings. The SMILES string of the molecule is CC[C@@H]1CC(=O)c2ccccc21. The van der Waals surface area contributed by atoms with Crippen LogP contribution in [-0.2, 0) is 0 Å². The smallest absolute Gasteiger partial charge is 0.163 e. The first-order valence-corrected chi connectivity index (χ1v) is 4.45. The second-order valence-electron chi connectivity index (χ2n) is 3.32. The van der Waals surface area contributed by atoms with E-state index in [1.807, 2.05) is 18.2 Å². The molecule has 2 rings (SSSR count). The fourth-order valence-electron chi connectivity index (χ4n) is 1.91. The summed E-state index contributed by atoms with van der Waals surface area (Å²) in [6.45, 7) is 2.14. The topological polar surface area (TPSA) is 17.1 Å². The van der Waals surface area contributed by atoms with Crippen LogP contribution in [0.2, 0.25) is 0 Å². The summed E-state index contributed by atoms with van der Waals surface area (Å²) in [7, 11) is 0. The maximum Gasteiger partial charge on any atom is 0.163 e. The molecule has 0 fully saturated rings. The summed E-state index contributed by atoms with van der Waals surface area (Å²) < 4.78 is 0. The number of hydrogen-bond donors (Lipinski definition) is 0. The zero-order valence-corrected chi connectivity index (χ0v) is 7.21. The second-order valence-corrected chi connectivity index (χ2v) is 3.32. The molecule has 0 aromatic heterocycles. The predicted octanol–water partition coefficient (Wildman–Crippen LogP) is 2.77. The van der Waals surface area contributed by atoms with Crippen LogP contribution in [0.1, 0.15) is 41.6 Å². The van der Waals surface area contributed by atoms with Gasteiger partial charge in [0.1, 0.15) is 0 Å². The van der Waals surface area contributed by atoms with Crippen LogP contribution in [0, 0.1) is 0 Å². The molecule has 1 aromatic carbocycles. The third-order valence-electron chi connectivity index (χ3n) is 2.63. The van der Waals surface area contributed by atoms with E-state index in [-0.39, 0.29) is 0 Å². The molecule has 1 aromatic rings. The molecule has 1 atom stereocenters. The quantitative estimate of drug-likeness (QED) is 0.617. The highest BCUT2D eigenvalue weighted by Gasteiger charge is 2.26. The van der Waals surface area contributed by atoms with Crippen molar-refractivity contribution in [1.29, 1.82) is 0 Å². The summed E-state index contributed by atoms with van der Waals surface area (Å²) in [4.78, 5) is 11.4. The van der Waals surface area contributed by atoms with Crippen molar-refractivity contribution in [2.24, 2.45) is 0 Å². The van der Waals surface area contributed by atoms with Crippen LogP contribution >= 0.6 is 0 Å². The van der Waals surface area contributed by atoms with Gasteiger partial charge in [-0.15, -0.1) is 0 Å². The maximum atomic E-state index is 11.4. The van der Waals surface area contributed by atoms with Crippen molar-refractivity contribution in [1.82, 2.24) is 0 Å². The minimum atomic E-state index is 0.317. The molecule has 12 heavy (non-hydrogen) atoms. The molecule has 0 N–H and O–H groups in total.